The third-order valence-electron chi connectivity index (χ3n) is 3.12. The van der Waals surface area contributed by atoms with E-state index < -0.39 is 23.7 Å². The van der Waals surface area contributed by atoms with Crippen LogP contribution in [0.15, 0.2) is 34.8 Å². The maximum absolute atomic E-state index is 12.8. The van der Waals surface area contributed by atoms with Gasteiger partial charge in [-0.15, -0.1) is 0 Å². The number of amides is 2. The lowest BCUT2D eigenvalue weighted by atomic mass is 10.1. The van der Waals surface area contributed by atoms with Gasteiger partial charge in [-0.2, -0.15) is 18.4 Å². The van der Waals surface area contributed by atoms with Crippen LogP contribution in [0.2, 0.25) is 5.02 Å². The number of carboxylic acid groups (broad SMARTS) is 1. The minimum atomic E-state index is -4.61. The fourth-order valence-corrected chi connectivity index (χ4v) is 2.89. The second-order valence-electron chi connectivity index (χ2n) is 4.95. The number of benzene rings is 2. The predicted molar refractivity (Wildman–Crippen MR) is 90.9 cm³/mol. The molecule has 0 atom stereocenters. The summed E-state index contributed by atoms with van der Waals surface area (Å²) in [5.74, 6) is -1.27. The van der Waals surface area contributed by atoms with Crippen LogP contribution in [0.25, 0.3) is 0 Å². The summed E-state index contributed by atoms with van der Waals surface area (Å²) >= 11 is 8.79. The average Bonchev–Trinajstić information content (AvgIpc) is 2.56. The van der Waals surface area contributed by atoms with Crippen molar-refractivity contribution in [3.05, 3.63) is 56.5 Å². The number of rotatable bonds is 3. The highest BCUT2D eigenvalue weighted by Gasteiger charge is 2.32. The molecule has 2 aromatic rings. The predicted octanol–water partition coefficient (Wildman–Crippen LogP) is 5.19. The molecule has 0 aromatic heterocycles. The Bertz CT molecular complexity index is 950. The molecule has 0 spiro atoms. The summed E-state index contributed by atoms with van der Waals surface area (Å²) in [5.41, 5.74) is -1.41. The normalized spacial score (nSPS) is 10.8. The van der Waals surface area contributed by atoms with Crippen molar-refractivity contribution in [3.8, 4) is 17.6 Å². The zero-order valence-corrected chi connectivity index (χ0v) is 15.2. The van der Waals surface area contributed by atoms with Crippen molar-refractivity contribution in [1.29, 1.82) is 5.26 Å². The highest BCUT2D eigenvalue weighted by atomic mass is 79.9. The van der Waals surface area contributed by atoms with E-state index in [0.717, 1.165) is 12.1 Å². The van der Waals surface area contributed by atoms with E-state index in [9.17, 15) is 22.8 Å². The summed E-state index contributed by atoms with van der Waals surface area (Å²) in [6.45, 7) is 0. The number of nitrogens with one attached hydrogen (secondary N) is 1. The van der Waals surface area contributed by atoms with Crippen LogP contribution < -0.4 is 10.1 Å². The quantitative estimate of drug-likeness (QED) is 0.652. The molecule has 2 aromatic carbocycles. The second-order valence-corrected chi connectivity index (χ2v) is 6.21. The van der Waals surface area contributed by atoms with E-state index in [4.69, 9.17) is 26.7 Å². The van der Waals surface area contributed by atoms with E-state index >= 15 is 0 Å². The van der Waals surface area contributed by atoms with Gasteiger partial charge in [0.15, 0.2) is 5.75 Å². The first kappa shape index (κ1) is 20.5. The molecule has 2 rings (SSSR count). The maximum Gasteiger partial charge on any atom is 0.416 e. The Balaban J connectivity index is 2.43. The van der Waals surface area contributed by atoms with Gasteiger partial charge in [0, 0.05) is 0 Å². The average molecular weight is 464 g/mol. The van der Waals surface area contributed by atoms with Crippen molar-refractivity contribution in [2.24, 2.45) is 0 Å². The molecule has 0 radical (unpaired) electrons. The van der Waals surface area contributed by atoms with Crippen molar-refractivity contribution < 1.29 is 32.6 Å². The van der Waals surface area contributed by atoms with Gasteiger partial charge < -0.3 is 9.84 Å². The maximum atomic E-state index is 12.8. The van der Waals surface area contributed by atoms with Gasteiger partial charge in [0.1, 0.15) is 5.75 Å². The Hall–Kier alpha value is -2.77. The molecule has 11 heteroatoms. The molecule has 0 unspecified atom stereocenters. The van der Waals surface area contributed by atoms with Crippen LogP contribution in [0.3, 0.4) is 0 Å². The molecule has 6 nitrogen and oxygen atoms in total. The van der Waals surface area contributed by atoms with Gasteiger partial charge in [0.25, 0.3) is 5.91 Å². The van der Waals surface area contributed by atoms with Crippen LogP contribution in [0.1, 0.15) is 21.5 Å². The third-order valence-corrected chi connectivity index (χ3v) is 3.99. The van der Waals surface area contributed by atoms with Crippen LogP contribution in [0.4, 0.5) is 18.0 Å². The molecule has 0 bridgehead atoms. The molecule has 0 aliphatic heterocycles. The fraction of sp³-hybridized carbons (Fsp3) is 0.0625. The van der Waals surface area contributed by atoms with Crippen LogP contribution in [-0.2, 0) is 6.18 Å². The fourth-order valence-electron chi connectivity index (χ4n) is 1.98. The van der Waals surface area contributed by atoms with Gasteiger partial charge in [0.2, 0.25) is 0 Å². The smallest absolute Gasteiger partial charge is 0.416 e. The van der Waals surface area contributed by atoms with Gasteiger partial charge in [-0.05, 0) is 46.3 Å². The Morgan fingerprint density at radius 2 is 1.93 bits per heavy atom. The van der Waals surface area contributed by atoms with Crippen LogP contribution in [-0.4, -0.2) is 17.1 Å². The Kier molecular flexibility index (Phi) is 5.98. The van der Waals surface area contributed by atoms with Gasteiger partial charge in [-0.25, -0.2) is 4.79 Å². The Labute approximate surface area is 163 Å². The van der Waals surface area contributed by atoms with Gasteiger partial charge in [-0.1, -0.05) is 11.6 Å². The van der Waals surface area contributed by atoms with Crippen molar-refractivity contribution >= 4 is 39.5 Å². The summed E-state index contributed by atoms with van der Waals surface area (Å²) in [5, 5.41) is 18.9. The van der Waals surface area contributed by atoms with E-state index in [-0.39, 0.29) is 32.1 Å². The zero-order valence-electron chi connectivity index (χ0n) is 12.9. The van der Waals surface area contributed by atoms with Crippen molar-refractivity contribution in [2.45, 2.75) is 6.18 Å². The molecule has 0 saturated heterocycles. The number of hydrogen-bond donors (Lipinski definition) is 2. The highest BCUT2D eigenvalue weighted by molar-refractivity contribution is 9.10. The molecule has 0 heterocycles. The molecule has 140 valence electrons. The number of imide groups is 1. The Morgan fingerprint density at radius 1 is 1.26 bits per heavy atom. The topological polar surface area (TPSA) is 99.4 Å². The number of carbonyl (C=O) groups is 2. The number of nitrogens with zero attached hydrogens (tertiary/aromatic N) is 1. The van der Waals surface area contributed by atoms with Crippen LogP contribution in [0, 0.1) is 11.3 Å². The van der Waals surface area contributed by atoms with Gasteiger partial charge in [-0.3, -0.25) is 10.1 Å². The van der Waals surface area contributed by atoms with Gasteiger partial charge in [0.05, 0.1) is 32.3 Å². The highest BCUT2D eigenvalue weighted by Crippen LogP contribution is 2.42. The molecule has 0 aliphatic carbocycles. The zero-order chi connectivity index (χ0) is 20.4. The standard InChI is InChI=1S/C16H7BrClF3N2O4/c17-11-3-8(16(19,20)21)4-12(18)13(11)27-9-2-1-7(6-22)10(5-9)14(24)23-15(25)26/h1-5H,(H,23,24)(H,25,26). The number of hydrogen-bond acceptors (Lipinski definition) is 4. The van der Waals surface area contributed by atoms with Crippen molar-refractivity contribution in [1.82, 2.24) is 5.32 Å². The third kappa shape index (κ3) is 4.90. The van der Waals surface area contributed by atoms with E-state index in [0.29, 0.717) is 6.07 Å². The first-order valence-electron chi connectivity index (χ1n) is 6.85. The first-order valence-corrected chi connectivity index (χ1v) is 8.02. The molecule has 27 heavy (non-hydrogen) atoms. The van der Waals surface area contributed by atoms with E-state index in [1.165, 1.54) is 12.1 Å². The molecule has 2 amide bonds. The van der Waals surface area contributed by atoms with E-state index in [1.54, 1.807) is 11.4 Å². The molecule has 0 fully saturated rings. The van der Waals surface area contributed by atoms with E-state index in [1.807, 2.05) is 0 Å². The molecular formula is C16H7BrClF3N2O4. The molecule has 2 N–H and O–H groups in total. The minimum Gasteiger partial charge on any atom is -0.465 e. The minimum absolute atomic E-state index is 0.0492. The summed E-state index contributed by atoms with van der Waals surface area (Å²) < 4.78 is 43.7. The van der Waals surface area contributed by atoms with E-state index in [2.05, 4.69) is 15.9 Å². The number of carbonyl (C=O) groups excluding carboxylic acids is 1. The van der Waals surface area contributed by atoms with Gasteiger partial charge >= 0.3 is 12.3 Å². The number of nitriles is 1. The molecule has 0 saturated carbocycles. The number of halogens is 5. The molecule has 0 aliphatic rings. The number of alkyl halides is 3. The van der Waals surface area contributed by atoms with Crippen LogP contribution >= 0.6 is 27.5 Å². The second kappa shape index (κ2) is 7.85. The summed E-state index contributed by atoms with van der Waals surface area (Å²) in [6, 6.07) is 6.69. The first-order chi connectivity index (χ1) is 12.5. The Morgan fingerprint density at radius 3 is 2.44 bits per heavy atom. The lowest BCUT2D eigenvalue weighted by Gasteiger charge is -2.14. The summed E-state index contributed by atoms with van der Waals surface area (Å²) in [7, 11) is 0. The van der Waals surface area contributed by atoms with Crippen molar-refractivity contribution in [2.75, 3.05) is 0 Å². The summed E-state index contributed by atoms with van der Waals surface area (Å²) in [4.78, 5) is 22.5. The van der Waals surface area contributed by atoms with Crippen molar-refractivity contribution in [3.63, 3.8) is 0 Å². The monoisotopic (exact) mass is 462 g/mol. The number of ether oxygens (including phenoxy) is 1. The lowest BCUT2D eigenvalue weighted by molar-refractivity contribution is -0.137. The molecular weight excluding hydrogens is 457 g/mol. The largest absolute Gasteiger partial charge is 0.465 e. The van der Waals surface area contributed by atoms with Crippen LogP contribution in [0.5, 0.6) is 11.5 Å². The summed E-state index contributed by atoms with van der Waals surface area (Å²) in [6.07, 6.45) is -6.23. The lowest BCUT2D eigenvalue weighted by Crippen LogP contribution is -2.29. The SMILES string of the molecule is N#Cc1ccc(Oc2c(Cl)cc(C(F)(F)F)cc2Br)cc1C(=O)NC(=O)O.